The van der Waals surface area contributed by atoms with E-state index in [1.807, 2.05) is 0 Å². The zero-order valence-corrected chi connectivity index (χ0v) is 43.3. The van der Waals surface area contributed by atoms with Gasteiger partial charge in [0.1, 0.15) is 25.4 Å². The highest BCUT2D eigenvalue weighted by molar-refractivity contribution is 5.70. The molecule has 0 aromatic rings. The van der Waals surface area contributed by atoms with Gasteiger partial charge in [-0.1, -0.05) is 211 Å². The number of carbonyl (C=O) groups is 3. The van der Waals surface area contributed by atoms with E-state index >= 15 is 0 Å². The average molecular weight is 914 g/mol. The molecule has 0 amide bonds. The lowest BCUT2D eigenvalue weighted by Crippen LogP contribution is -2.54. The van der Waals surface area contributed by atoms with Crippen molar-refractivity contribution in [2.24, 2.45) is 5.73 Å². The highest BCUT2D eigenvalue weighted by Crippen LogP contribution is 2.16. The van der Waals surface area contributed by atoms with Crippen molar-refractivity contribution in [3.63, 3.8) is 0 Å². The van der Waals surface area contributed by atoms with Gasteiger partial charge in [-0.2, -0.15) is 0 Å². The van der Waals surface area contributed by atoms with E-state index in [0.29, 0.717) is 19.3 Å². The first-order valence-corrected chi connectivity index (χ1v) is 28.1. The Kier molecular flexibility index (Phi) is 49.1. The lowest BCUT2D eigenvalue weighted by Gasteiger charge is -2.28. The van der Waals surface area contributed by atoms with Crippen LogP contribution in [-0.4, -0.2) is 43.3 Å². The molecule has 0 atom stereocenters. The van der Waals surface area contributed by atoms with Crippen molar-refractivity contribution in [3.8, 4) is 0 Å². The molecular weight excluding hydrogens is 807 g/mol. The molecule has 380 valence electrons. The van der Waals surface area contributed by atoms with Crippen LogP contribution < -0.4 is 5.73 Å². The number of unbranched alkanes of at least 4 members (excludes halogenated alkanes) is 33. The maximum absolute atomic E-state index is 12.7. The van der Waals surface area contributed by atoms with E-state index in [1.54, 1.807) is 0 Å². The Morgan fingerprint density at radius 3 is 0.708 bits per heavy atom. The predicted molar refractivity (Wildman–Crippen MR) is 278 cm³/mol. The van der Waals surface area contributed by atoms with Crippen LogP contribution in [0.5, 0.6) is 0 Å². The molecule has 0 aromatic heterocycles. The Labute approximate surface area is 403 Å². The number of hydrogen-bond donors (Lipinski definition) is 1. The molecule has 0 aromatic carbocycles. The van der Waals surface area contributed by atoms with Crippen molar-refractivity contribution in [2.75, 3.05) is 19.8 Å². The maximum atomic E-state index is 12.7. The molecule has 0 aliphatic heterocycles. The molecule has 0 aliphatic rings. The van der Waals surface area contributed by atoms with Crippen LogP contribution in [-0.2, 0) is 28.6 Å². The predicted octanol–water partition coefficient (Wildman–Crippen LogP) is 17.4. The summed E-state index contributed by atoms with van der Waals surface area (Å²) in [6.07, 6.45) is 61.6. The third-order valence-corrected chi connectivity index (χ3v) is 12.5. The molecule has 0 saturated carbocycles. The summed E-state index contributed by atoms with van der Waals surface area (Å²) in [4.78, 5) is 38.2. The van der Waals surface area contributed by atoms with Gasteiger partial charge in [0.2, 0.25) is 0 Å². The van der Waals surface area contributed by atoms with Crippen LogP contribution in [0.15, 0.2) is 36.5 Å². The highest BCUT2D eigenvalue weighted by atomic mass is 16.6. The second-order valence-electron chi connectivity index (χ2n) is 19.3. The molecule has 0 bridgehead atoms. The minimum Gasteiger partial charge on any atom is -0.463 e. The normalized spacial score (nSPS) is 12.0. The Morgan fingerprint density at radius 2 is 0.492 bits per heavy atom. The van der Waals surface area contributed by atoms with Crippen molar-refractivity contribution >= 4 is 17.9 Å². The molecule has 7 nitrogen and oxygen atoms in total. The second-order valence-corrected chi connectivity index (χ2v) is 19.3. The zero-order valence-electron chi connectivity index (χ0n) is 43.3. The van der Waals surface area contributed by atoms with Gasteiger partial charge in [-0.3, -0.25) is 14.4 Å². The van der Waals surface area contributed by atoms with Crippen LogP contribution in [0.3, 0.4) is 0 Å². The summed E-state index contributed by atoms with van der Waals surface area (Å²) in [5.74, 6) is -0.968. The van der Waals surface area contributed by atoms with Crippen LogP contribution in [0, 0.1) is 0 Å². The summed E-state index contributed by atoms with van der Waals surface area (Å²) in [5.41, 5.74) is 5.35. The lowest BCUT2D eigenvalue weighted by molar-refractivity contribution is -0.155. The number of hydrogen-bond acceptors (Lipinski definition) is 7. The van der Waals surface area contributed by atoms with Crippen molar-refractivity contribution in [3.05, 3.63) is 36.5 Å². The maximum Gasteiger partial charge on any atom is 0.305 e. The molecule has 0 aliphatic carbocycles. The molecule has 0 heterocycles. The molecule has 0 radical (unpaired) electrons. The number of rotatable bonds is 51. The Morgan fingerprint density at radius 1 is 0.308 bits per heavy atom. The van der Waals surface area contributed by atoms with E-state index in [1.165, 1.54) is 154 Å². The quantitative estimate of drug-likeness (QED) is 0.0280. The van der Waals surface area contributed by atoms with Gasteiger partial charge in [0.15, 0.2) is 0 Å². The monoisotopic (exact) mass is 914 g/mol. The first kappa shape index (κ1) is 62.6. The molecular formula is C58H107NO6. The summed E-state index contributed by atoms with van der Waals surface area (Å²) < 4.78 is 16.8. The van der Waals surface area contributed by atoms with E-state index in [2.05, 4.69) is 57.2 Å². The van der Waals surface area contributed by atoms with Gasteiger partial charge in [-0.05, 0) is 96.3 Å². The molecule has 0 fully saturated rings. The summed E-state index contributed by atoms with van der Waals surface area (Å²) in [5, 5.41) is 0. The van der Waals surface area contributed by atoms with Crippen molar-refractivity contribution in [1.82, 2.24) is 0 Å². The minimum absolute atomic E-state index is 0.168. The molecule has 0 rings (SSSR count). The fraction of sp³-hybridized carbons (Fsp3) is 0.845. The van der Waals surface area contributed by atoms with E-state index in [0.717, 1.165) is 96.3 Å². The Balaban J connectivity index is 4.51. The Bertz CT molecular complexity index is 995. The van der Waals surface area contributed by atoms with Crippen LogP contribution in [0.2, 0.25) is 0 Å². The largest absolute Gasteiger partial charge is 0.463 e. The number of carbonyl (C=O) groups excluding carboxylic acids is 3. The highest BCUT2D eigenvalue weighted by Gasteiger charge is 2.31. The molecule has 0 spiro atoms. The summed E-state index contributed by atoms with van der Waals surface area (Å²) in [7, 11) is 0. The summed E-state index contributed by atoms with van der Waals surface area (Å²) >= 11 is 0. The topological polar surface area (TPSA) is 105 Å². The molecule has 2 N–H and O–H groups in total. The van der Waals surface area contributed by atoms with Gasteiger partial charge in [0.05, 0.1) is 0 Å². The lowest BCUT2D eigenvalue weighted by atomic mass is 10.0. The second kappa shape index (κ2) is 51.0. The van der Waals surface area contributed by atoms with Crippen LogP contribution in [0.25, 0.3) is 0 Å². The van der Waals surface area contributed by atoms with Crippen LogP contribution >= 0.6 is 0 Å². The van der Waals surface area contributed by atoms with Crippen LogP contribution in [0.4, 0.5) is 0 Å². The fourth-order valence-electron chi connectivity index (χ4n) is 8.03. The number of nitrogens with two attached hydrogens (primary N) is 1. The van der Waals surface area contributed by atoms with Gasteiger partial charge in [-0.15, -0.1) is 0 Å². The molecule has 0 saturated heterocycles. The van der Waals surface area contributed by atoms with E-state index in [-0.39, 0.29) is 37.7 Å². The van der Waals surface area contributed by atoms with Crippen molar-refractivity contribution in [1.29, 1.82) is 0 Å². The van der Waals surface area contributed by atoms with E-state index < -0.39 is 5.54 Å². The minimum atomic E-state index is -1.30. The smallest absolute Gasteiger partial charge is 0.305 e. The van der Waals surface area contributed by atoms with E-state index in [9.17, 15) is 14.4 Å². The summed E-state index contributed by atoms with van der Waals surface area (Å²) in [6, 6.07) is 0. The van der Waals surface area contributed by atoms with Gasteiger partial charge in [-0.25, -0.2) is 0 Å². The van der Waals surface area contributed by atoms with Gasteiger partial charge >= 0.3 is 17.9 Å². The molecule has 65 heavy (non-hydrogen) atoms. The number of esters is 3. The summed E-state index contributed by atoms with van der Waals surface area (Å²) in [6.45, 7) is 6.28. The third kappa shape index (κ3) is 49.3. The van der Waals surface area contributed by atoms with Gasteiger partial charge < -0.3 is 19.9 Å². The molecule has 7 heteroatoms. The number of ether oxygens (including phenoxy) is 3. The van der Waals surface area contributed by atoms with Crippen molar-refractivity contribution < 1.29 is 28.6 Å². The average Bonchev–Trinajstić information content (AvgIpc) is 3.30. The first-order chi connectivity index (χ1) is 31.9. The molecule has 0 unspecified atom stereocenters. The zero-order chi connectivity index (χ0) is 47.4. The fourth-order valence-corrected chi connectivity index (χ4v) is 8.03. The van der Waals surface area contributed by atoms with Gasteiger partial charge in [0, 0.05) is 19.3 Å². The van der Waals surface area contributed by atoms with Crippen LogP contribution in [0.1, 0.15) is 290 Å². The van der Waals surface area contributed by atoms with Gasteiger partial charge in [0.25, 0.3) is 0 Å². The van der Waals surface area contributed by atoms with Crippen molar-refractivity contribution in [2.45, 2.75) is 296 Å². The van der Waals surface area contributed by atoms with E-state index in [4.69, 9.17) is 19.9 Å². The standard InChI is InChI=1S/C58H107NO6/c1-4-7-10-13-16-19-22-25-28-31-34-37-40-43-46-49-55(60)63-52-58(59,53-64-56(61)50-47-44-41-38-35-32-29-26-23-20-17-14-11-8-5-2)54-65-57(62)51-48-45-42-39-36-33-30-27-24-21-18-15-12-9-6-3/h25-30H,4-24,31-54,59H2,1-3H3/b28-25-,29-26-,30-27-. The SMILES string of the molecule is CCCCCCCC/C=C\CCCCCCCC(=O)OCC(N)(COC(=O)CCCCCCC/C=C\CCCCCCCC)COC(=O)CCCCCCC/C=C\CCCCCCCC. The third-order valence-electron chi connectivity index (χ3n) is 12.5. The Hall–Kier alpha value is -2.41. The first-order valence-electron chi connectivity index (χ1n) is 28.1. The number of allylic oxidation sites excluding steroid dienone is 6.